The minimum Gasteiger partial charge on any atom is -0.479 e. The van der Waals surface area contributed by atoms with Crippen LogP contribution in [0.3, 0.4) is 0 Å². The number of alkyl halides is 1. The lowest BCUT2D eigenvalue weighted by Crippen LogP contribution is -2.42. The molecule has 1 aromatic rings. The Labute approximate surface area is 120 Å². The number of carboxylic acid groups (broad SMARTS) is 1. The number of rotatable bonds is 4. The summed E-state index contributed by atoms with van der Waals surface area (Å²) in [4.78, 5) is 35.5. The van der Waals surface area contributed by atoms with Crippen LogP contribution in [-0.2, 0) is 9.59 Å². The van der Waals surface area contributed by atoms with Crippen LogP contribution in [0.15, 0.2) is 30.3 Å². The number of carbonyl (C=O) groups excluding carboxylic acids is 2. The van der Waals surface area contributed by atoms with Gasteiger partial charge in [-0.2, -0.15) is 0 Å². The lowest BCUT2D eigenvalue weighted by Gasteiger charge is -2.18. The molecule has 0 aliphatic carbocycles. The Kier molecular flexibility index (Phi) is 4.21. The molecule has 0 spiro atoms. The molecule has 0 radical (unpaired) electrons. The molecule has 0 bridgehead atoms. The number of hydrogen-bond acceptors (Lipinski definition) is 3. The number of carboxylic acids is 1. The van der Waals surface area contributed by atoms with Crippen molar-refractivity contribution in [1.29, 1.82) is 0 Å². The topological polar surface area (TPSA) is 86.7 Å². The summed E-state index contributed by atoms with van der Waals surface area (Å²) < 4.78 is 13.8. The highest BCUT2D eigenvalue weighted by molar-refractivity contribution is 5.96. The molecule has 1 aromatic carbocycles. The summed E-state index contributed by atoms with van der Waals surface area (Å²) in [6.45, 7) is -0.741. The zero-order chi connectivity index (χ0) is 15.5. The molecule has 1 aliphatic heterocycles. The van der Waals surface area contributed by atoms with Gasteiger partial charge in [0, 0.05) is 18.5 Å². The van der Waals surface area contributed by atoms with Crippen molar-refractivity contribution in [3.63, 3.8) is 0 Å². The van der Waals surface area contributed by atoms with Crippen LogP contribution >= 0.6 is 0 Å². The molecule has 2 N–H and O–H groups in total. The average Bonchev–Trinajstić information content (AvgIpc) is 2.89. The fourth-order valence-electron chi connectivity index (χ4n) is 2.12. The summed E-state index contributed by atoms with van der Waals surface area (Å²) in [5, 5.41) is 11.2. The number of likely N-dealkylation sites (tertiary alicyclic amines) is 1. The highest BCUT2D eigenvalue weighted by Crippen LogP contribution is 2.25. The molecule has 1 saturated heterocycles. The van der Waals surface area contributed by atoms with Crippen LogP contribution in [0, 0.1) is 0 Å². The van der Waals surface area contributed by atoms with Gasteiger partial charge >= 0.3 is 5.97 Å². The molecular formula is C14H15FN2O4. The summed E-state index contributed by atoms with van der Waals surface area (Å²) in [6, 6.07) is 8.36. The number of amides is 2. The van der Waals surface area contributed by atoms with E-state index < -0.39 is 30.0 Å². The van der Waals surface area contributed by atoms with Gasteiger partial charge < -0.3 is 15.3 Å². The van der Waals surface area contributed by atoms with E-state index in [4.69, 9.17) is 5.11 Å². The maximum atomic E-state index is 13.8. The minimum atomic E-state index is -2.39. The predicted octanol–water partition coefficient (Wildman–Crippen LogP) is 0.442. The maximum Gasteiger partial charge on any atom is 0.343 e. The SMILES string of the molecule is O=C(NCC(=O)N1CCC(F)(C(=O)O)C1)c1ccccc1. The zero-order valence-corrected chi connectivity index (χ0v) is 11.2. The molecule has 112 valence electrons. The lowest BCUT2D eigenvalue weighted by atomic mass is 10.1. The molecule has 2 amide bonds. The van der Waals surface area contributed by atoms with Crippen LogP contribution in [0.5, 0.6) is 0 Å². The minimum absolute atomic E-state index is 0.0306. The molecule has 1 aliphatic rings. The Hall–Kier alpha value is -2.44. The van der Waals surface area contributed by atoms with E-state index in [2.05, 4.69) is 5.32 Å². The third kappa shape index (κ3) is 3.36. The number of aliphatic carboxylic acids is 1. The van der Waals surface area contributed by atoms with E-state index in [-0.39, 0.29) is 19.5 Å². The molecule has 7 heteroatoms. The van der Waals surface area contributed by atoms with Gasteiger partial charge in [0.1, 0.15) is 0 Å². The number of nitrogens with one attached hydrogen (secondary N) is 1. The Morgan fingerprint density at radius 1 is 1.29 bits per heavy atom. The van der Waals surface area contributed by atoms with Gasteiger partial charge in [0.25, 0.3) is 5.91 Å². The largest absolute Gasteiger partial charge is 0.479 e. The summed E-state index contributed by atoms with van der Waals surface area (Å²) >= 11 is 0. The normalized spacial score (nSPS) is 21.1. The first-order valence-corrected chi connectivity index (χ1v) is 6.46. The molecule has 6 nitrogen and oxygen atoms in total. The van der Waals surface area contributed by atoms with Crippen LogP contribution in [0.1, 0.15) is 16.8 Å². The highest BCUT2D eigenvalue weighted by atomic mass is 19.1. The van der Waals surface area contributed by atoms with Crippen molar-refractivity contribution in [3.05, 3.63) is 35.9 Å². The van der Waals surface area contributed by atoms with Crippen LogP contribution in [0.4, 0.5) is 4.39 Å². The summed E-state index contributed by atoms with van der Waals surface area (Å²) in [7, 11) is 0. The highest BCUT2D eigenvalue weighted by Gasteiger charge is 2.46. The Morgan fingerprint density at radius 2 is 1.95 bits per heavy atom. The summed E-state index contributed by atoms with van der Waals surface area (Å²) in [5.41, 5.74) is -1.98. The van der Waals surface area contributed by atoms with E-state index in [0.29, 0.717) is 5.56 Å². The molecule has 1 unspecified atom stereocenters. The Balaban J connectivity index is 1.86. The molecule has 1 heterocycles. The van der Waals surface area contributed by atoms with Crippen LogP contribution < -0.4 is 5.32 Å². The maximum absolute atomic E-state index is 13.8. The van der Waals surface area contributed by atoms with Crippen molar-refractivity contribution in [3.8, 4) is 0 Å². The van der Waals surface area contributed by atoms with E-state index in [1.54, 1.807) is 30.3 Å². The third-order valence-electron chi connectivity index (χ3n) is 3.39. The van der Waals surface area contributed by atoms with Crippen LogP contribution in [0.2, 0.25) is 0 Å². The molecule has 1 atom stereocenters. The van der Waals surface area contributed by atoms with Crippen molar-refractivity contribution in [1.82, 2.24) is 10.2 Å². The third-order valence-corrected chi connectivity index (χ3v) is 3.39. The Bertz CT molecular complexity index is 563. The fraction of sp³-hybridized carbons (Fsp3) is 0.357. The van der Waals surface area contributed by atoms with Gasteiger partial charge in [-0.3, -0.25) is 9.59 Å². The standard InChI is InChI=1S/C14H15FN2O4/c15-14(13(20)21)6-7-17(9-14)11(18)8-16-12(19)10-4-2-1-3-5-10/h1-5H,6-9H2,(H,16,19)(H,20,21). The number of benzene rings is 1. The molecule has 21 heavy (non-hydrogen) atoms. The van der Waals surface area contributed by atoms with E-state index in [1.807, 2.05) is 0 Å². The van der Waals surface area contributed by atoms with Crippen LogP contribution in [0.25, 0.3) is 0 Å². The van der Waals surface area contributed by atoms with Gasteiger partial charge in [0.05, 0.1) is 13.1 Å². The van der Waals surface area contributed by atoms with E-state index in [0.717, 1.165) is 4.90 Å². The first kappa shape index (κ1) is 15.0. The van der Waals surface area contributed by atoms with Gasteiger partial charge in [0.2, 0.25) is 11.6 Å². The van der Waals surface area contributed by atoms with Crippen molar-refractivity contribution < 1.29 is 23.9 Å². The predicted molar refractivity (Wildman–Crippen MR) is 71.4 cm³/mol. The summed E-state index contributed by atoms with van der Waals surface area (Å²) in [5.74, 6) is -2.47. The van der Waals surface area contributed by atoms with Crippen molar-refractivity contribution in [2.75, 3.05) is 19.6 Å². The average molecular weight is 294 g/mol. The van der Waals surface area contributed by atoms with Gasteiger partial charge in [-0.1, -0.05) is 18.2 Å². The zero-order valence-electron chi connectivity index (χ0n) is 11.2. The first-order chi connectivity index (χ1) is 9.92. The van der Waals surface area contributed by atoms with Gasteiger partial charge in [-0.15, -0.1) is 0 Å². The molecular weight excluding hydrogens is 279 g/mol. The fourth-order valence-corrected chi connectivity index (χ4v) is 2.12. The monoisotopic (exact) mass is 294 g/mol. The van der Waals surface area contributed by atoms with Crippen LogP contribution in [-0.4, -0.2) is 53.1 Å². The molecule has 2 rings (SSSR count). The van der Waals surface area contributed by atoms with Crippen molar-refractivity contribution in [2.45, 2.75) is 12.1 Å². The smallest absolute Gasteiger partial charge is 0.343 e. The van der Waals surface area contributed by atoms with E-state index in [1.165, 1.54) is 0 Å². The van der Waals surface area contributed by atoms with Crippen molar-refractivity contribution >= 4 is 17.8 Å². The van der Waals surface area contributed by atoms with Gasteiger partial charge in [-0.25, -0.2) is 9.18 Å². The van der Waals surface area contributed by atoms with Gasteiger partial charge in [-0.05, 0) is 12.1 Å². The second-order valence-corrected chi connectivity index (χ2v) is 4.88. The number of hydrogen-bond donors (Lipinski definition) is 2. The van der Waals surface area contributed by atoms with E-state index >= 15 is 0 Å². The molecule has 0 aromatic heterocycles. The number of halogens is 1. The first-order valence-electron chi connectivity index (χ1n) is 6.46. The van der Waals surface area contributed by atoms with Gasteiger partial charge in [0.15, 0.2) is 0 Å². The number of carbonyl (C=O) groups is 3. The molecule has 0 saturated carbocycles. The van der Waals surface area contributed by atoms with Crippen molar-refractivity contribution in [2.24, 2.45) is 0 Å². The lowest BCUT2D eigenvalue weighted by molar-refractivity contribution is -0.150. The summed E-state index contributed by atoms with van der Waals surface area (Å²) in [6.07, 6.45) is -0.235. The number of nitrogens with zero attached hydrogens (tertiary/aromatic N) is 1. The second kappa shape index (κ2) is 5.90. The second-order valence-electron chi connectivity index (χ2n) is 4.88. The Morgan fingerprint density at radius 3 is 2.52 bits per heavy atom. The molecule has 1 fully saturated rings. The van der Waals surface area contributed by atoms with E-state index in [9.17, 15) is 18.8 Å². The quantitative estimate of drug-likeness (QED) is 0.843.